The van der Waals surface area contributed by atoms with E-state index in [9.17, 15) is 0 Å². The van der Waals surface area contributed by atoms with Crippen molar-refractivity contribution in [3.63, 3.8) is 0 Å². The van der Waals surface area contributed by atoms with Crippen molar-refractivity contribution >= 4 is 0 Å². The summed E-state index contributed by atoms with van der Waals surface area (Å²) < 4.78 is 13.2. The van der Waals surface area contributed by atoms with Gasteiger partial charge in [0.2, 0.25) is 0 Å². The summed E-state index contributed by atoms with van der Waals surface area (Å²) in [5.41, 5.74) is 2.11. The fourth-order valence-electron chi connectivity index (χ4n) is 3.02. The van der Waals surface area contributed by atoms with Crippen LogP contribution in [0.25, 0.3) is 11.5 Å². The minimum absolute atomic E-state index is 0.268. The van der Waals surface area contributed by atoms with Crippen LogP contribution in [0.3, 0.4) is 0 Å². The maximum absolute atomic E-state index is 5.52. The zero-order valence-corrected chi connectivity index (χ0v) is 11.8. The number of hydrogen-bond donors (Lipinski definition) is 0. The molecule has 0 radical (unpaired) electrons. The average Bonchev–Trinajstić information content (AvgIpc) is 3.00. The summed E-state index contributed by atoms with van der Waals surface area (Å²) in [6, 6.07) is 0. The summed E-state index contributed by atoms with van der Waals surface area (Å²) >= 11 is 0. The molecule has 106 valence electrons. The van der Waals surface area contributed by atoms with Gasteiger partial charge in [0.05, 0.1) is 18.8 Å². The van der Waals surface area contributed by atoms with Crippen molar-refractivity contribution in [2.75, 3.05) is 6.61 Å². The number of aromatic nitrogens is 4. The molecule has 4 rings (SSSR count). The standard InChI is InChI=1S/C14H18N4O2/c1-14(2)5-3-11-15-16-13(18(11)8-14)12-9-7-19-6-4-10(9)20-17-12/h3-8H2,1-2H3. The van der Waals surface area contributed by atoms with Gasteiger partial charge in [-0.05, 0) is 11.8 Å². The summed E-state index contributed by atoms with van der Waals surface area (Å²) in [5, 5.41) is 12.9. The number of rotatable bonds is 1. The van der Waals surface area contributed by atoms with Crippen LogP contribution in [0.5, 0.6) is 0 Å². The molecule has 0 aromatic carbocycles. The summed E-state index contributed by atoms with van der Waals surface area (Å²) in [5.74, 6) is 2.80. The highest BCUT2D eigenvalue weighted by Crippen LogP contribution is 2.34. The molecule has 20 heavy (non-hydrogen) atoms. The Labute approximate surface area is 117 Å². The first-order valence-corrected chi connectivity index (χ1v) is 7.12. The third kappa shape index (κ3) is 1.78. The molecule has 0 saturated heterocycles. The van der Waals surface area contributed by atoms with Crippen molar-refractivity contribution < 1.29 is 9.26 Å². The van der Waals surface area contributed by atoms with E-state index in [2.05, 4.69) is 33.8 Å². The molecule has 2 aliphatic rings. The molecule has 2 aliphatic heterocycles. The molecule has 2 aromatic heterocycles. The summed E-state index contributed by atoms with van der Waals surface area (Å²) in [6.07, 6.45) is 2.90. The highest BCUT2D eigenvalue weighted by atomic mass is 16.5. The number of hydrogen-bond acceptors (Lipinski definition) is 5. The van der Waals surface area contributed by atoms with Gasteiger partial charge in [-0.15, -0.1) is 10.2 Å². The van der Waals surface area contributed by atoms with Crippen LogP contribution in [0.4, 0.5) is 0 Å². The first-order chi connectivity index (χ1) is 9.64. The van der Waals surface area contributed by atoms with Gasteiger partial charge < -0.3 is 13.8 Å². The van der Waals surface area contributed by atoms with Crippen molar-refractivity contribution in [1.29, 1.82) is 0 Å². The molecule has 2 aromatic rings. The van der Waals surface area contributed by atoms with Crippen LogP contribution < -0.4 is 0 Å². The quantitative estimate of drug-likeness (QED) is 0.795. The zero-order chi connectivity index (χ0) is 13.7. The van der Waals surface area contributed by atoms with Crippen molar-refractivity contribution in [2.45, 2.75) is 46.3 Å². The van der Waals surface area contributed by atoms with Crippen LogP contribution >= 0.6 is 0 Å². The number of ether oxygens (including phenoxy) is 1. The van der Waals surface area contributed by atoms with Crippen molar-refractivity contribution in [2.24, 2.45) is 5.41 Å². The Hall–Kier alpha value is -1.69. The number of nitrogens with zero attached hydrogens (tertiary/aromatic N) is 4. The molecule has 4 heterocycles. The predicted octanol–water partition coefficient (Wildman–Crippen LogP) is 1.98. The molecule has 0 atom stereocenters. The van der Waals surface area contributed by atoms with E-state index in [-0.39, 0.29) is 5.41 Å². The smallest absolute Gasteiger partial charge is 0.186 e. The molecule has 0 fully saturated rings. The molecule has 0 N–H and O–H groups in total. The SMILES string of the molecule is CC1(C)CCc2nnc(-c3noc4c3COCC4)n2C1. The van der Waals surface area contributed by atoms with E-state index in [1.165, 1.54) is 0 Å². The predicted molar refractivity (Wildman–Crippen MR) is 71.0 cm³/mol. The molecular weight excluding hydrogens is 256 g/mol. The van der Waals surface area contributed by atoms with Crippen LogP contribution in [-0.4, -0.2) is 26.5 Å². The van der Waals surface area contributed by atoms with E-state index < -0.39 is 0 Å². The second kappa shape index (κ2) is 4.15. The van der Waals surface area contributed by atoms with Crippen LogP contribution in [0.2, 0.25) is 0 Å². The minimum atomic E-state index is 0.268. The molecule has 6 nitrogen and oxygen atoms in total. The van der Waals surface area contributed by atoms with Crippen LogP contribution in [-0.2, 0) is 30.7 Å². The van der Waals surface area contributed by atoms with Gasteiger partial charge in [0.1, 0.15) is 11.6 Å². The topological polar surface area (TPSA) is 66.0 Å². The normalized spacial score (nSPS) is 20.5. The first kappa shape index (κ1) is 12.1. The largest absolute Gasteiger partial charge is 0.376 e. The third-order valence-electron chi connectivity index (χ3n) is 4.24. The zero-order valence-electron chi connectivity index (χ0n) is 11.8. The van der Waals surface area contributed by atoms with Crippen LogP contribution in [0, 0.1) is 5.41 Å². The van der Waals surface area contributed by atoms with Gasteiger partial charge in [0, 0.05) is 19.4 Å². The highest BCUT2D eigenvalue weighted by Gasteiger charge is 2.31. The van der Waals surface area contributed by atoms with E-state index in [1.807, 2.05) is 0 Å². The van der Waals surface area contributed by atoms with Gasteiger partial charge in [-0.2, -0.15) is 0 Å². The van der Waals surface area contributed by atoms with Crippen molar-refractivity contribution in [3.05, 3.63) is 17.1 Å². The molecule has 0 saturated carbocycles. The Morgan fingerprint density at radius 1 is 1.20 bits per heavy atom. The lowest BCUT2D eigenvalue weighted by Crippen LogP contribution is -2.27. The van der Waals surface area contributed by atoms with Crippen molar-refractivity contribution in [3.8, 4) is 11.5 Å². The number of fused-ring (bicyclic) bond motifs is 2. The summed E-state index contributed by atoms with van der Waals surface area (Å²) in [4.78, 5) is 0. The maximum atomic E-state index is 5.52. The Kier molecular flexibility index (Phi) is 2.51. The minimum Gasteiger partial charge on any atom is -0.376 e. The van der Waals surface area contributed by atoms with Gasteiger partial charge in [-0.25, -0.2) is 0 Å². The van der Waals surface area contributed by atoms with Crippen LogP contribution in [0.1, 0.15) is 37.4 Å². The molecule has 0 bridgehead atoms. The van der Waals surface area contributed by atoms with Gasteiger partial charge in [0.15, 0.2) is 11.5 Å². The second-order valence-corrected chi connectivity index (χ2v) is 6.43. The Bertz CT molecular complexity index is 656. The van der Waals surface area contributed by atoms with E-state index in [0.29, 0.717) is 13.2 Å². The monoisotopic (exact) mass is 274 g/mol. The van der Waals surface area contributed by atoms with Gasteiger partial charge >= 0.3 is 0 Å². The van der Waals surface area contributed by atoms with Gasteiger partial charge in [-0.1, -0.05) is 19.0 Å². The Morgan fingerprint density at radius 2 is 2.10 bits per heavy atom. The van der Waals surface area contributed by atoms with Crippen LogP contribution in [0.15, 0.2) is 4.52 Å². The van der Waals surface area contributed by atoms with Crippen molar-refractivity contribution in [1.82, 2.24) is 19.9 Å². The Balaban J connectivity index is 1.81. The van der Waals surface area contributed by atoms with Gasteiger partial charge in [-0.3, -0.25) is 0 Å². The summed E-state index contributed by atoms with van der Waals surface area (Å²) in [7, 11) is 0. The molecule has 6 heteroatoms. The third-order valence-corrected chi connectivity index (χ3v) is 4.24. The fourth-order valence-corrected chi connectivity index (χ4v) is 3.02. The Morgan fingerprint density at radius 3 is 3.00 bits per heavy atom. The maximum Gasteiger partial charge on any atom is 0.186 e. The average molecular weight is 274 g/mol. The fraction of sp³-hybridized carbons (Fsp3) is 0.643. The van der Waals surface area contributed by atoms with E-state index in [1.54, 1.807) is 0 Å². The van der Waals surface area contributed by atoms with E-state index in [0.717, 1.165) is 54.5 Å². The summed E-state index contributed by atoms with van der Waals surface area (Å²) in [6.45, 7) is 6.74. The van der Waals surface area contributed by atoms with Gasteiger partial charge in [0.25, 0.3) is 0 Å². The lowest BCUT2D eigenvalue weighted by molar-refractivity contribution is 0.103. The molecule has 0 amide bonds. The molecule has 0 spiro atoms. The number of aryl methyl sites for hydroxylation is 1. The molecular formula is C14H18N4O2. The van der Waals surface area contributed by atoms with E-state index >= 15 is 0 Å². The highest BCUT2D eigenvalue weighted by molar-refractivity contribution is 5.56. The second-order valence-electron chi connectivity index (χ2n) is 6.43. The molecule has 0 unspecified atom stereocenters. The molecule has 0 aliphatic carbocycles. The lowest BCUT2D eigenvalue weighted by atomic mass is 9.85. The van der Waals surface area contributed by atoms with E-state index in [4.69, 9.17) is 9.26 Å². The lowest BCUT2D eigenvalue weighted by Gasteiger charge is -2.30. The first-order valence-electron chi connectivity index (χ1n) is 7.12.